The lowest BCUT2D eigenvalue weighted by Gasteiger charge is -2.13. The average molecular weight is 248 g/mol. The Balaban J connectivity index is 2.57. The third kappa shape index (κ3) is 2.19. The molecule has 18 heavy (non-hydrogen) atoms. The molecule has 0 spiro atoms. The van der Waals surface area contributed by atoms with E-state index in [1.165, 1.54) is 0 Å². The summed E-state index contributed by atoms with van der Waals surface area (Å²) in [7, 11) is 4.84. The molecule has 0 amide bonds. The van der Waals surface area contributed by atoms with Crippen molar-refractivity contribution in [1.82, 2.24) is 0 Å². The summed E-state index contributed by atoms with van der Waals surface area (Å²) in [5.41, 5.74) is 0. The highest BCUT2D eigenvalue weighted by Gasteiger charge is 2.11. The van der Waals surface area contributed by atoms with Crippen molar-refractivity contribution in [2.75, 3.05) is 28.1 Å². The Labute approximate surface area is 106 Å². The second-order valence-electron chi connectivity index (χ2n) is 3.70. The SMILES string of the molecule is COCOc1cccc2c(OC)c(OC)ccc12. The fourth-order valence-electron chi connectivity index (χ4n) is 1.90. The first kappa shape index (κ1) is 12.5. The van der Waals surface area contributed by atoms with Crippen molar-refractivity contribution in [2.45, 2.75) is 0 Å². The van der Waals surface area contributed by atoms with E-state index < -0.39 is 0 Å². The van der Waals surface area contributed by atoms with E-state index >= 15 is 0 Å². The molecule has 0 unspecified atom stereocenters. The second-order valence-corrected chi connectivity index (χ2v) is 3.70. The molecule has 0 bridgehead atoms. The zero-order valence-corrected chi connectivity index (χ0v) is 10.7. The van der Waals surface area contributed by atoms with Crippen LogP contribution in [-0.4, -0.2) is 28.1 Å². The van der Waals surface area contributed by atoms with Gasteiger partial charge in [-0.1, -0.05) is 12.1 Å². The van der Waals surface area contributed by atoms with Gasteiger partial charge in [-0.3, -0.25) is 0 Å². The minimum atomic E-state index is 0.216. The van der Waals surface area contributed by atoms with Gasteiger partial charge in [0, 0.05) is 17.9 Å². The summed E-state index contributed by atoms with van der Waals surface area (Å²) >= 11 is 0. The second kappa shape index (κ2) is 5.60. The maximum Gasteiger partial charge on any atom is 0.188 e. The molecule has 2 aromatic rings. The third-order valence-electron chi connectivity index (χ3n) is 2.69. The lowest BCUT2D eigenvalue weighted by atomic mass is 10.1. The fourth-order valence-corrected chi connectivity index (χ4v) is 1.90. The summed E-state index contributed by atoms with van der Waals surface area (Å²) in [5.74, 6) is 2.17. The highest BCUT2D eigenvalue weighted by atomic mass is 16.7. The number of ether oxygens (including phenoxy) is 4. The van der Waals surface area contributed by atoms with Crippen LogP contribution in [0.5, 0.6) is 17.2 Å². The van der Waals surface area contributed by atoms with Crippen LogP contribution < -0.4 is 14.2 Å². The van der Waals surface area contributed by atoms with Gasteiger partial charge in [0.2, 0.25) is 0 Å². The lowest BCUT2D eigenvalue weighted by Crippen LogP contribution is -1.99. The molecule has 0 N–H and O–H groups in total. The molecule has 4 heteroatoms. The Morgan fingerprint density at radius 3 is 2.33 bits per heavy atom. The average Bonchev–Trinajstić information content (AvgIpc) is 2.43. The monoisotopic (exact) mass is 248 g/mol. The van der Waals surface area contributed by atoms with Gasteiger partial charge in [0.25, 0.3) is 0 Å². The molecule has 0 heterocycles. The maximum absolute atomic E-state index is 5.52. The summed E-state index contributed by atoms with van der Waals surface area (Å²) in [6.07, 6.45) is 0. The van der Waals surface area contributed by atoms with E-state index in [0.717, 1.165) is 16.5 Å². The van der Waals surface area contributed by atoms with Gasteiger partial charge in [-0.25, -0.2) is 0 Å². The molecule has 0 radical (unpaired) electrons. The number of hydrogen-bond donors (Lipinski definition) is 0. The molecule has 96 valence electrons. The number of rotatable bonds is 5. The molecular formula is C14H16O4. The molecule has 0 atom stereocenters. The molecule has 2 aromatic carbocycles. The fraction of sp³-hybridized carbons (Fsp3) is 0.286. The van der Waals surface area contributed by atoms with Gasteiger partial charge >= 0.3 is 0 Å². The first-order valence-electron chi connectivity index (χ1n) is 5.57. The number of hydrogen-bond acceptors (Lipinski definition) is 4. The molecular weight excluding hydrogens is 232 g/mol. The quantitative estimate of drug-likeness (QED) is 0.762. The van der Waals surface area contributed by atoms with Gasteiger partial charge in [-0.15, -0.1) is 0 Å². The predicted octanol–water partition coefficient (Wildman–Crippen LogP) is 2.84. The highest BCUT2D eigenvalue weighted by molar-refractivity contribution is 5.95. The van der Waals surface area contributed by atoms with E-state index in [2.05, 4.69) is 0 Å². The van der Waals surface area contributed by atoms with Gasteiger partial charge < -0.3 is 18.9 Å². The Morgan fingerprint density at radius 1 is 0.833 bits per heavy atom. The van der Waals surface area contributed by atoms with Gasteiger partial charge in [0.05, 0.1) is 14.2 Å². The molecule has 0 aliphatic heterocycles. The zero-order chi connectivity index (χ0) is 13.0. The van der Waals surface area contributed by atoms with E-state index in [0.29, 0.717) is 11.5 Å². The number of methoxy groups -OCH3 is 3. The van der Waals surface area contributed by atoms with Crippen LogP contribution in [0.1, 0.15) is 0 Å². The molecule has 2 rings (SSSR count). The zero-order valence-electron chi connectivity index (χ0n) is 10.7. The van der Waals surface area contributed by atoms with Gasteiger partial charge in [0.1, 0.15) is 5.75 Å². The Kier molecular flexibility index (Phi) is 3.89. The van der Waals surface area contributed by atoms with Crippen molar-refractivity contribution in [1.29, 1.82) is 0 Å². The van der Waals surface area contributed by atoms with E-state index in [1.807, 2.05) is 30.3 Å². The van der Waals surface area contributed by atoms with Crippen LogP contribution in [0.2, 0.25) is 0 Å². The summed E-state index contributed by atoms with van der Waals surface area (Å²) in [6, 6.07) is 9.58. The lowest BCUT2D eigenvalue weighted by molar-refractivity contribution is 0.0522. The highest BCUT2D eigenvalue weighted by Crippen LogP contribution is 2.38. The van der Waals surface area contributed by atoms with Crippen LogP contribution in [0.15, 0.2) is 30.3 Å². The maximum atomic E-state index is 5.52. The molecule has 0 aliphatic carbocycles. The topological polar surface area (TPSA) is 36.9 Å². The largest absolute Gasteiger partial charge is 0.493 e. The molecule has 4 nitrogen and oxygen atoms in total. The normalized spacial score (nSPS) is 10.4. The van der Waals surface area contributed by atoms with E-state index in [4.69, 9.17) is 18.9 Å². The number of fused-ring (bicyclic) bond motifs is 1. The Hall–Kier alpha value is -1.94. The van der Waals surface area contributed by atoms with Gasteiger partial charge in [-0.05, 0) is 18.2 Å². The Bertz CT molecular complexity index is 537. The summed E-state index contributed by atoms with van der Waals surface area (Å²) in [4.78, 5) is 0. The minimum Gasteiger partial charge on any atom is -0.493 e. The van der Waals surface area contributed by atoms with Crippen LogP contribution in [0, 0.1) is 0 Å². The van der Waals surface area contributed by atoms with Gasteiger partial charge in [0.15, 0.2) is 18.3 Å². The summed E-state index contributed by atoms with van der Waals surface area (Å²) in [6.45, 7) is 0.216. The summed E-state index contributed by atoms with van der Waals surface area (Å²) < 4.78 is 21.1. The van der Waals surface area contributed by atoms with E-state index in [-0.39, 0.29) is 6.79 Å². The van der Waals surface area contributed by atoms with Crippen LogP contribution in [0.3, 0.4) is 0 Å². The van der Waals surface area contributed by atoms with Crippen LogP contribution >= 0.6 is 0 Å². The van der Waals surface area contributed by atoms with Crippen LogP contribution in [0.4, 0.5) is 0 Å². The first-order chi connectivity index (χ1) is 8.81. The Morgan fingerprint density at radius 2 is 1.67 bits per heavy atom. The van der Waals surface area contributed by atoms with Crippen LogP contribution in [0.25, 0.3) is 10.8 Å². The molecule has 0 saturated carbocycles. The van der Waals surface area contributed by atoms with Gasteiger partial charge in [-0.2, -0.15) is 0 Å². The molecule has 0 fully saturated rings. The van der Waals surface area contributed by atoms with Crippen LogP contribution in [-0.2, 0) is 4.74 Å². The van der Waals surface area contributed by atoms with Crippen molar-refractivity contribution < 1.29 is 18.9 Å². The van der Waals surface area contributed by atoms with E-state index in [9.17, 15) is 0 Å². The predicted molar refractivity (Wildman–Crippen MR) is 69.6 cm³/mol. The standard InChI is InChI=1S/C14H16O4/c1-15-9-18-12-6-4-5-11-10(12)7-8-13(16-2)14(11)17-3/h4-8H,9H2,1-3H3. The van der Waals surface area contributed by atoms with Crippen molar-refractivity contribution in [3.63, 3.8) is 0 Å². The molecule has 0 saturated heterocycles. The van der Waals surface area contributed by atoms with Crippen molar-refractivity contribution >= 4 is 10.8 Å². The summed E-state index contributed by atoms with van der Waals surface area (Å²) in [5, 5.41) is 1.91. The van der Waals surface area contributed by atoms with Crippen molar-refractivity contribution in [3.05, 3.63) is 30.3 Å². The third-order valence-corrected chi connectivity index (χ3v) is 2.69. The van der Waals surface area contributed by atoms with Crippen molar-refractivity contribution in [2.24, 2.45) is 0 Å². The van der Waals surface area contributed by atoms with Crippen molar-refractivity contribution in [3.8, 4) is 17.2 Å². The van der Waals surface area contributed by atoms with E-state index in [1.54, 1.807) is 21.3 Å². The molecule has 0 aromatic heterocycles. The first-order valence-corrected chi connectivity index (χ1v) is 5.57. The smallest absolute Gasteiger partial charge is 0.188 e. The number of benzene rings is 2. The minimum absolute atomic E-state index is 0.216. The molecule has 0 aliphatic rings.